The average Bonchev–Trinajstić information content (AvgIpc) is 2.84. The number of carbonyl (C=O) groups excluding carboxylic acids is 2. The summed E-state index contributed by atoms with van der Waals surface area (Å²) >= 11 is 0. The molecule has 0 aliphatic rings. The molecule has 0 aliphatic heterocycles. The van der Waals surface area contributed by atoms with Crippen molar-refractivity contribution in [2.75, 3.05) is 5.32 Å². The zero-order chi connectivity index (χ0) is 24.2. The SMILES string of the molecule is Cc1cc(=O)c(C(=O)Nc2cccc(C(=O)c3ccccc3)c2)nn1-c1ccccc1[N+](=O)[O-]. The van der Waals surface area contributed by atoms with Crippen LogP contribution in [0.3, 0.4) is 0 Å². The first-order valence-corrected chi connectivity index (χ1v) is 10.2. The summed E-state index contributed by atoms with van der Waals surface area (Å²) in [5, 5.41) is 18.1. The van der Waals surface area contributed by atoms with Gasteiger partial charge in [0.15, 0.2) is 11.5 Å². The molecule has 1 amide bonds. The number of nitrogens with zero attached hydrogens (tertiary/aromatic N) is 3. The van der Waals surface area contributed by atoms with Gasteiger partial charge in [-0.05, 0) is 25.1 Å². The Balaban J connectivity index is 1.66. The number of nitro benzene ring substituents is 1. The van der Waals surface area contributed by atoms with Crippen LogP contribution in [0.1, 0.15) is 32.1 Å². The molecule has 4 rings (SSSR count). The van der Waals surface area contributed by atoms with Gasteiger partial charge in [0, 0.05) is 34.6 Å². The molecule has 9 heteroatoms. The third-order valence-corrected chi connectivity index (χ3v) is 5.05. The third-order valence-electron chi connectivity index (χ3n) is 5.05. The summed E-state index contributed by atoms with van der Waals surface area (Å²) in [4.78, 5) is 49.0. The fourth-order valence-corrected chi connectivity index (χ4v) is 3.43. The number of hydrogen-bond acceptors (Lipinski definition) is 6. The Bertz CT molecular complexity index is 1480. The number of aromatic nitrogens is 2. The summed E-state index contributed by atoms with van der Waals surface area (Å²) in [6.45, 7) is 1.56. The standard InChI is InChI=1S/C25H18N4O5/c1-16-14-22(30)23(27-28(16)20-12-5-6-13-21(20)29(33)34)25(32)26-19-11-7-10-18(15-19)24(31)17-8-3-2-4-9-17/h2-15H,1H3,(H,26,32). The summed E-state index contributed by atoms with van der Waals surface area (Å²) < 4.78 is 1.18. The van der Waals surface area contributed by atoms with Gasteiger partial charge in [-0.25, -0.2) is 4.68 Å². The van der Waals surface area contributed by atoms with E-state index >= 15 is 0 Å². The molecule has 0 atom stereocenters. The van der Waals surface area contributed by atoms with Gasteiger partial charge in [0.1, 0.15) is 5.69 Å². The van der Waals surface area contributed by atoms with Crippen LogP contribution in [-0.2, 0) is 0 Å². The van der Waals surface area contributed by atoms with Gasteiger partial charge in [0.25, 0.3) is 11.6 Å². The molecule has 0 aliphatic carbocycles. The van der Waals surface area contributed by atoms with Crippen LogP contribution in [0.25, 0.3) is 5.69 Å². The Morgan fingerprint density at radius 3 is 2.32 bits per heavy atom. The molecule has 3 aromatic carbocycles. The Morgan fingerprint density at radius 2 is 1.59 bits per heavy atom. The molecule has 1 N–H and O–H groups in total. The van der Waals surface area contributed by atoms with E-state index in [2.05, 4.69) is 10.4 Å². The van der Waals surface area contributed by atoms with Crippen molar-refractivity contribution in [1.82, 2.24) is 9.78 Å². The molecule has 0 fully saturated rings. The van der Waals surface area contributed by atoms with Crippen LogP contribution in [0.4, 0.5) is 11.4 Å². The van der Waals surface area contributed by atoms with Crippen LogP contribution in [0.5, 0.6) is 0 Å². The van der Waals surface area contributed by atoms with Gasteiger partial charge in [-0.1, -0.05) is 54.6 Å². The van der Waals surface area contributed by atoms with Gasteiger partial charge in [0.05, 0.1) is 4.92 Å². The first-order valence-electron chi connectivity index (χ1n) is 10.2. The van der Waals surface area contributed by atoms with E-state index < -0.39 is 22.0 Å². The number of nitro groups is 1. The summed E-state index contributed by atoms with van der Waals surface area (Å²) in [5.41, 5.74) is 0.299. The van der Waals surface area contributed by atoms with E-state index in [1.807, 2.05) is 0 Å². The Hall–Kier alpha value is -4.92. The summed E-state index contributed by atoms with van der Waals surface area (Å²) in [7, 11) is 0. The van der Waals surface area contributed by atoms with E-state index in [-0.39, 0.29) is 17.2 Å². The van der Waals surface area contributed by atoms with Crippen molar-refractivity contribution in [2.45, 2.75) is 6.92 Å². The fraction of sp³-hybridized carbons (Fsp3) is 0.0400. The second-order valence-electron chi connectivity index (χ2n) is 7.39. The summed E-state index contributed by atoms with van der Waals surface area (Å²) in [5.74, 6) is -1.02. The molecule has 34 heavy (non-hydrogen) atoms. The molecule has 168 valence electrons. The molecular weight excluding hydrogens is 436 g/mol. The van der Waals surface area contributed by atoms with Crippen molar-refractivity contribution in [3.05, 3.63) is 128 Å². The third kappa shape index (κ3) is 4.49. The second kappa shape index (κ2) is 9.29. The highest BCUT2D eigenvalue weighted by Crippen LogP contribution is 2.22. The Labute approximate surface area is 193 Å². The highest BCUT2D eigenvalue weighted by Gasteiger charge is 2.20. The van der Waals surface area contributed by atoms with Crippen molar-refractivity contribution in [2.24, 2.45) is 0 Å². The molecule has 0 saturated heterocycles. The maximum absolute atomic E-state index is 12.9. The number of hydrogen-bond donors (Lipinski definition) is 1. The van der Waals surface area contributed by atoms with Gasteiger partial charge >= 0.3 is 0 Å². The Kier molecular flexibility index (Phi) is 6.09. The molecule has 4 aromatic rings. The summed E-state index contributed by atoms with van der Waals surface area (Å²) in [6, 6.07) is 22.1. The summed E-state index contributed by atoms with van der Waals surface area (Å²) in [6.07, 6.45) is 0. The quantitative estimate of drug-likeness (QED) is 0.267. The maximum Gasteiger partial charge on any atom is 0.294 e. The molecule has 0 radical (unpaired) electrons. The highest BCUT2D eigenvalue weighted by atomic mass is 16.6. The van der Waals surface area contributed by atoms with Crippen molar-refractivity contribution in [3.8, 4) is 5.69 Å². The van der Waals surface area contributed by atoms with Crippen LogP contribution < -0.4 is 10.7 Å². The topological polar surface area (TPSA) is 124 Å². The first kappa shape index (κ1) is 22.3. The molecule has 9 nitrogen and oxygen atoms in total. The van der Waals surface area contributed by atoms with Gasteiger partial charge in [-0.2, -0.15) is 5.10 Å². The van der Waals surface area contributed by atoms with E-state index in [1.165, 1.54) is 35.0 Å². The minimum atomic E-state index is -0.804. The normalized spacial score (nSPS) is 10.5. The van der Waals surface area contributed by atoms with Gasteiger partial charge < -0.3 is 5.32 Å². The second-order valence-corrected chi connectivity index (χ2v) is 7.39. The number of para-hydroxylation sites is 2. The number of benzene rings is 3. The number of carbonyl (C=O) groups is 2. The number of amides is 1. The van der Waals surface area contributed by atoms with Crippen molar-refractivity contribution in [3.63, 3.8) is 0 Å². The van der Waals surface area contributed by atoms with E-state index in [1.54, 1.807) is 61.5 Å². The van der Waals surface area contributed by atoms with E-state index in [0.717, 1.165) is 0 Å². The first-order chi connectivity index (χ1) is 16.3. The van der Waals surface area contributed by atoms with E-state index in [4.69, 9.17) is 0 Å². The molecule has 0 spiro atoms. The zero-order valence-corrected chi connectivity index (χ0v) is 18.0. The van der Waals surface area contributed by atoms with E-state index in [0.29, 0.717) is 22.5 Å². The van der Waals surface area contributed by atoms with Crippen LogP contribution in [0.2, 0.25) is 0 Å². The van der Waals surface area contributed by atoms with E-state index in [9.17, 15) is 24.5 Å². The molecule has 0 unspecified atom stereocenters. The van der Waals surface area contributed by atoms with Crippen molar-refractivity contribution in [1.29, 1.82) is 0 Å². The maximum atomic E-state index is 12.9. The minimum absolute atomic E-state index is 0.120. The highest BCUT2D eigenvalue weighted by molar-refractivity contribution is 6.10. The lowest BCUT2D eigenvalue weighted by Crippen LogP contribution is -2.27. The lowest BCUT2D eigenvalue weighted by Gasteiger charge is -2.12. The van der Waals surface area contributed by atoms with Gasteiger partial charge in [-0.3, -0.25) is 24.5 Å². The molecule has 1 aromatic heterocycles. The number of rotatable bonds is 6. The average molecular weight is 454 g/mol. The molecule has 1 heterocycles. The smallest absolute Gasteiger partial charge is 0.294 e. The fourth-order valence-electron chi connectivity index (χ4n) is 3.43. The Morgan fingerprint density at radius 1 is 0.912 bits per heavy atom. The predicted molar refractivity (Wildman–Crippen MR) is 125 cm³/mol. The van der Waals surface area contributed by atoms with Gasteiger partial charge in [-0.15, -0.1) is 0 Å². The molecule has 0 bridgehead atoms. The van der Waals surface area contributed by atoms with Crippen LogP contribution in [-0.4, -0.2) is 26.4 Å². The predicted octanol–water partition coefficient (Wildman–Crippen LogP) is 3.93. The minimum Gasteiger partial charge on any atom is -0.320 e. The van der Waals surface area contributed by atoms with Crippen LogP contribution in [0, 0.1) is 17.0 Å². The van der Waals surface area contributed by atoms with Crippen LogP contribution in [0.15, 0.2) is 89.7 Å². The number of ketones is 1. The molecular formula is C25H18N4O5. The lowest BCUT2D eigenvalue weighted by atomic mass is 10.0. The number of aryl methyl sites for hydroxylation is 1. The largest absolute Gasteiger partial charge is 0.320 e. The van der Waals surface area contributed by atoms with Crippen LogP contribution >= 0.6 is 0 Å². The van der Waals surface area contributed by atoms with Gasteiger partial charge in [0.2, 0.25) is 5.43 Å². The monoisotopic (exact) mass is 454 g/mol. The van der Waals surface area contributed by atoms with Crippen molar-refractivity contribution >= 4 is 23.1 Å². The molecule has 0 saturated carbocycles. The number of nitrogens with one attached hydrogen (secondary N) is 1. The lowest BCUT2D eigenvalue weighted by molar-refractivity contribution is -0.384. The van der Waals surface area contributed by atoms with Crippen molar-refractivity contribution < 1.29 is 14.5 Å². The number of anilines is 1. The zero-order valence-electron chi connectivity index (χ0n) is 18.0.